The summed E-state index contributed by atoms with van der Waals surface area (Å²) in [5.74, 6) is 0.00779. The van der Waals surface area contributed by atoms with Crippen molar-refractivity contribution < 1.29 is 13.2 Å². The lowest BCUT2D eigenvalue weighted by Crippen LogP contribution is -2.38. The quantitative estimate of drug-likeness (QED) is 0.458. The molecule has 1 fully saturated rings. The molecule has 0 aromatic heterocycles. The molecule has 1 aliphatic carbocycles. The van der Waals surface area contributed by atoms with E-state index in [2.05, 4.69) is 0 Å². The van der Waals surface area contributed by atoms with Crippen molar-refractivity contribution in [3.63, 3.8) is 0 Å². The van der Waals surface area contributed by atoms with Gasteiger partial charge in [0.2, 0.25) is 10.0 Å². The van der Waals surface area contributed by atoms with Crippen molar-refractivity contribution >= 4 is 15.9 Å². The van der Waals surface area contributed by atoms with Crippen molar-refractivity contribution in [1.82, 2.24) is 4.31 Å². The van der Waals surface area contributed by atoms with Crippen LogP contribution in [-0.2, 0) is 14.8 Å². The molecule has 0 spiro atoms. The highest BCUT2D eigenvalue weighted by atomic mass is 32.2. The van der Waals surface area contributed by atoms with Gasteiger partial charge in [0.25, 0.3) is 0 Å². The van der Waals surface area contributed by atoms with Gasteiger partial charge in [-0.05, 0) is 12.8 Å². The first-order valence-corrected chi connectivity index (χ1v) is 6.79. The number of ether oxygens (including phenoxy) is 1. The highest BCUT2D eigenvalue weighted by Crippen LogP contribution is 2.30. The van der Waals surface area contributed by atoms with Gasteiger partial charge in [0.05, 0.1) is 17.7 Å². The van der Waals surface area contributed by atoms with Gasteiger partial charge in [-0.3, -0.25) is 5.41 Å². The molecule has 0 unspecified atom stereocenters. The molecular formula is C9H19N3O3S. The van der Waals surface area contributed by atoms with E-state index in [1.54, 1.807) is 0 Å². The smallest absolute Gasteiger partial charge is 0.217 e. The van der Waals surface area contributed by atoms with E-state index < -0.39 is 10.0 Å². The first-order chi connectivity index (χ1) is 7.48. The Bertz CT molecular complexity index is 338. The Labute approximate surface area is 96.3 Å². The Morgan fingerprint density at radius 3 is 2.56 bits per heavy atom. The number of hydrogen-bond donors (Lipinski definition) is 2. The van der Waals surface area contributed by atoms with Gasteiger partial charge in [-0.1, -0.05) is 0 Å². The number of nitrogens with zero attached hydrogens (tertiary/aromatic N) is 1. The zero-order valence-corrected chi connectivity index (χ0v) is 10.3. The van der Waals surface area contributed by atoms with Crippen LogP contribution in [0.5, 0.6) is 0 Å². The van der Waals surface area contributed by atoms with E-state index >= 15 is 0 Å². The highest BCUT2D eigenvalue weighted by molar-refractivity contribution is 7.90. The number of methoxy groups -OCH3 is 1. The minimum Gasteiger partial charge on any atom is -0.388 e. The molecule has 0 saturated heterocycles. The molecule has 0 aromatic rings. The molecule has 0 aromatic carbocycles. The SMILES string of the molecule is COCCN(CCC(=N)N)S(=O)(=O)C1CC1. The number of hydrogen-bond acceptors (Lipinski definition) is 4. The summed E-state index contributed by atoms with van der Waals surface area (Å²) >= 11 is 0. The van der Waals surface area contributed by atoms with Gasteiger partial charge in [0, 0.05) is 26.6 Å². The zero-order chi connectivity index (χ0) is 12.2. The van der Waals surface area contributed by atoms with E-state index in [0.29, 0.717) is 13.2 Å². The second kappa shape index (κ2) is 5.60. The summed E-state index contributed by atoms with van der Waals surface area (Å²) in [6.07, 6.45) is 1.76. The first kappa shape index (κ1) is 13.4. The van der Waals surface area contributed by atoms with Crippen molar-refractivity contribution in [3.8, 4) is 0 Å². The maximum absolute atomic E-state index is 12.0. The van der Waals surface area contributed by atoms with Gasteiger partial charge >= 0.3 is 0 Å². The van der Waals surface area contributed by atoms with Crippen LogP contribution in [0, 0.1) is 5.41 Å². The molecule has 0 bridgehead atoms. The van der Waals surface area contributed by atoms with Crippen LogP contribution >= 0.6 is 0 Å². The van der Waals surface area contributed by atoms with Crippen LogP contribution in [0.15, 0.2) is 0 Å². The van der Waals surface area contributed by atoms with Crippen LogP contribution in [0.2, 0.25) is 0 Å². The van der Waals surface area contributed by atoms with Crippen LogP contribution in [0.25, 0.3) is 0 Å². The van der Waals surface area contributed by atoms with E-state index in [0.717, 1.165) is 12.8 Å². The van der Waals surface area contributed by atoms with Gasteiger partial charge in [-0.2, -0.15) is 4.31 Å². The van der Waals surface area contributed by atoms with Crippen LogP contribution in [0.3, 0.4) is 0 Å². The Balaban J connectivity index is 2.58. The Morgan fingerprint density at radius 2 is 2.12 bits per heavy atom. The number of nitrogens with one attached hydrogen (secondary N) is 1. The molecule has 6 nitrogen and oxygen atoms in total. The van der Waals surface area contributed by atoms with Crippen LogP contribution in [0.1, 0.15) is 19.3 Å². The summed E-state index contributed by atoms with van der Waals surface area (Å²) in [6.45, 7) is 0.976. The largest absolute Gasteiger partial charge is 0.388 e. The fourth-order valence-electron chi connectivity index (χ4n) is 1.38. The molecule has 94 valence electrons. The minimum absolute atomic E-state index is 0.00779. The van der Waals surface area contributed by atoms with E-state index in [9.17, 15) is 8.42 Å². The van der Waals surface area contributed by atoms with Gasteiger partial charge in [-0.25, -0.2) is 8.42 Å². The summed E-state index contributed by atoms with van der Waals surface area (Å²) in [5, 5.41) is 6.89. The average Bonchev–Trinajstić information content (AvgIpc) is 3.00. The maximum atomic E-state index is 12.0. The van der Waals surface area contributed by atoms with Crippen molar-refractivity contribution in [1.29, 1.82) is 5.41 Å². The summed E-state index contributed by atoms with van der Waals surface area (Å²) in [5.41, 5.74) is 5.23. The molecule has 16 heavy (non-hydrogen) atoms. The topological polar surface area (TPSA) is 96.5 Å². The van der Waals surface area contributed by atoms with E-state index in [1.165, 1.54) is 11.4 Å². The molecule has 0 atom stereocenters. The minimum atomic E-state index is -3.19. The Morgan fingerprint density at radius 1 is 1.50 bits per heavy atom. The van der Waals surface area contributed by atoms with Crippen LogP contribution in [0.4, 0.5) is 0 Å². The van der Waals surface area contributed by atoms with E-state index in [1.807, 2.05) is 0 Å². The molecule has 1 aliphatic rings. The summed E-state index contributed by atoms with van der Waals surface area (Å²) < 4.78 is 30.2. The molecule has 0 radical (unpaired) electrons. The number of rotatable bonds is 8. The fourth-order valence-corrected chi connectivity index (χ4v) is 3.21. The number of nitrogens with two attached hydrogens (primary N) is 1. The normalized spacial score (nSPS) is 16.6. The Kier molecular flexibility index (Phi) is 4.69. The lowest BCUT2D eigenvalue weighted by atomic mass is 10.4. The lowest BCUT2D eigenvalue weighted by Gasteiger charge is -2.21. The standard InChI is InChI=1S/C9H19N3O3S/c1-15-7-6-12(5-4-9(10)11)16(13,14)8-2-3-8/h8H,2-7H2,1H3,(H3,10,11). The van der Waals surface area contributed by atoms with Gasteiger partial charge in [-0.15, -0.1) is 0 Å². The second-order valence-electron chi connectivity index (χ2n) is 3.91. The summed E-state index contributed by atoms with van der Waals surface area (Å²) in [4.78, 5) is 0. The van der Waals surface area contributed by atoms with Crippen molar-refractivity contribution in [2.75, 3.05) is 26.8 Å². The third kappa shape index (κ3) is 3.73. The van der Waals surface area contributed by atoms with Crippen molar-refractivity contribution in [3.05, 3.63) is 0 Å². The summed E-state index contributed by atoms with van der Waals surface area (Å²) in [7, 11) is -1.66. The third-order valence-corrected chi connectivity index (χ3v) is 4.88. The predicted octanol–water partition coefficient (Wildman–Crippen LogP) is -0.247. The molecular weight excluding hydrogens is 230 g/mol. The molecule has 0 amide bonds. The monoisotopic (exact) mass is 249 g/mol. The Hall–Kier alpha value is -0.660. The van der Waals surface area contributed by atoms with Crippen molar-refractivity contribution in [2.24, 2.45) is 5.73 Å². The molecule has 1 saturated carbocycles. The molecule has 3 N–H and O–H groups in total. The van der Waals surface area contributed by atoms with E-state index in [-0.39, 0.29) is 24.1 Å². The molecule has 7 heteroatoms. The third-order valence-electron chi connectivity index (χ3n) is 2.48. The second-order valence-corrected chi connectivity index (χ2v) is 6.12. The van der Waals surface area contributed by atoms with E-state index in [4.69, 9.17) is 15.9 Å². The number of sulfonamides is 1. The van der Waals surface area contributed by atoms with Crippen molar-refractivity contribution in [2.45, 2.75) is 24.5 Å². The van der Waals surface area contributed by atoms with Crippen LogP contribution < -0.4 is 5.73 Å². The first-order valence-electron chi connectivity index (χ1n) is 5.29. The fraction of sp³-hybridized carbons (Fsp3) is 0.889. The maximum Gasteiger partial charge on any atom is 0.217 e. The lowest BCUT2D eigenvalue weighted by molar-refractivity contribution is 0.179. The van der Waals surface area contributed by atoms with Crippen LogP contribution in [-0.4, -0.2) is 50.6 Å². The summed E-state index contributed by atoms with van der Waals surface area (Å²) in [6, 6.07) is 0. The number of amidine groups is 1. The predicted molar refractivity (Wildman–Crippen MR) is 61.9 cm³/mol. The zero-order valence-electron chi connectivity index (χ0n) is 9.48. The molecule has 0 heterocycles. The average molecular weight is 249 g/mol. The van der Waals surface area contributed by atoms with Gasteiger partial charge in [0.15, 0.2) is 0 Å². The highest BCUT2D eigenvalue weighted by Gasteiger charge is 2.39. The van der Waals surface area contributed by atoms with Gasteiger partial charge in [0.1, 0.15) is 0 Å². The van der Waals surface area contributed by atoms with Gasteiger partial charge < -0.3 is 10.5 Å². The molecule has 1 rings (SSSR count). The molecule has 0 aliphatic heterocycles.